The van der Waals surface area contributed by atoms with Gasteiger partial charge in [-0.2, -0.15) is 0 Å². The number of hydrogen-bond donors (Lipinski definition) is 1. The van der Waals surface area contributed by atoms with E-state index in [1.54, 1.807) is 0 Å². The van der Waals surface area contributed by atoms with E-state index < -0.39 is 0 Å². The molecule has 98 valence electrons. The second-order valence-corrected chi connectivity index (χ2v) is 5.13. The van der Waals surface area contributed by atoms with Crippen molar-refractivity contribution in [2.24, 2.45) is 0 Å². The average molecular weight is 240 g/mol. The van der Waals surface area contributed by atoms with Crippen LogP contribution >= 0.6 is 0 Å². The maximum absolute atomic E-state index is 11.9. The minimum Gasteiger partial charge on any atom is -0.368 e. The van der Waals surface area contributed by atoms with Crippen LogP contribution in [-0.2, 0) is 9.53 Å². The summed E-state index contributed by atoms with van der Waals surface area (Å²) in [6.07, 6.45) is 5.11. The molecule has 0 aliphatic carbocycles. The van der Waals surface area contributed by atoms with Crippen molar-refractivity contribution in [3.63, 3.8) is 0 Å². The Balaban J connectivity index is 1.68. The van der Waals surface area contributed by atoms with Crippen molar-refractivity contribution >= 4 is 5.91 Å². The lowest BCUT2D eigenvalue weighted by Gasteiger charge is -2.32. The van der Waals surface area contributed by atoms with Gasteiger partial charge in [-0.25, -0.2) is 0 Å². The van der Waals surface area contributed by atoms with Crippen molar-refractivity contribution in [1.29, 1.82) is 0 Å². The summed E-state index contributed by atoms with van der Waals surface area (Å²) < 4.78 is 5.39. The van der Waals surface area contributed by atoms with Gasteiger partial charge in [0.15, 0.2) is 0 Å². The lowest BCUT2D eigenvalue weighted by atomic mass is 10.0. The Morgan fingerprint density at radius 2 is 2.12 bits per heavy atom. The molecule has 4 heteroatoms. The van der Waals surface area contributed by atoms with Crippen LogP contribution in [0.15, 0.2) is 0 Å². The van der Waals surface area contributed by atoms with Gasteiger partial charge < -0.3 is 15.0 Å². The molecule has 0 aromatic carbocycles. The second kappa shape index (κ2) is 6.36. The first-order valence-electron chi connectivity index (χ1n) is 6.94. The zero-order valence-corrected chi connectivity index (χ0v) is 10.8. The third kappa shape index (κ3) is 3.68. The van der Waals surface area contributed by atoms with Crippen LogP contribution in [0.5, 0.6) is 0 Å². The SMILES string of the molecule is CCCN1CCC(NC(=O)C2CCCO2)CC1. The van der Waals surface area contributed by atoms with Crippen LogP contribution < -0.4 is 5.32 Å². The van der Waals surface area contributed by atoms with Crippen LogP contribution in [0.1, 0.15) is 39.0 Å². The molecule has 2 aliphatic heterocycles. The van der Waals surface area contributed by atoms with Gasteiger partial charge in [0.05, 0.1) is 0 Å². The van der Waals surface area contributed by atoms with Gasteiger partial charge in [0.25, 0.3) is 0 Å². The van der Waals surface area contributed by atoms with E-state index in [-0.39, 0.29) is 12.0 Å². The Morgan fingerprint density at radius 1 is 1.35 bits per heavy atom. The summed E-state index contributed by atoms with van der Waals surface area (Å²) in [6, 6.07) is 0.361. The summed E-state index contributed by atoms with van der Waals surface area (Å²) in [4.78, 5) is 14.4. The highest BCUT2D eigenvalue weighted by atomic mass is 16.5. The van der Waals surface area contributed by atoms with Crippen LogP contribution in [0.3, 0.4) is 0 Å². The number of nitrogens with zero attached hydrogens (tertiary/aromatic N) is 1. The van der Waals surface area contributed by atoms with Crippen LogP contribution in [-0.4, -0.2) is 49.2 Å². The minimum atomic E-state index is -0.177. The summed E-state index contributed by atoms with van der Waals surface area (Å²) in [5.74, 6) is 0.108. The van der Waals surface area contributed by atoms with E-state index in [0.29, 0.717) is 6.04 Å². The first kappa shape index (κ1) is 12.8. The monoisotopic (exact) mass is 240 g/mol. The molecule has 2 saturated heterocycles. The molecule has 0 aromatic rings. The van der Waals surface area contributed by atoms with Gasteiger partial charge in [0, 0.05) is 25.7 Å². The van der Waals surface area contributed by atoms with E-state index >= 15 is 0 Å². The highest BCUT2D eigenvalue weighted by Crippen LogP contribution is 2.14. The molecule has 0 radical (unpaired) electrons. The third-order valence-corrected chi connectivity index (χ3v) is 3.70. The number of amides is 1. The molecule has 4 nitrogen and oxygen atoms in total. The van der Waals surface area contributed by atoms with E-state index in [2.05, 4.69) is 17.1 Å². The molecule has 0 bridgehead atoms. The third-order valence-electron chi connectivity index (χ3n) is 3.70. The van der Waals surface area contributed by atoms with Gasteiger partial charge in [-0.3, -0.25) is 4.79 Å². The highest BCUT2D eigenvalue weighted by Gasteiger charge is 2.27. The number of carbonyl (C=O) groups is 1. The van der Waals surface area contributed by atoms with Gasteiger partial charge >= 0.3 is 0 Å². The zero-order valence-electron chi connectivity index (χ0n) is 10.8. The maximum Gasteiger partial charge on any atom is 0.249 e. The number of rotatable bonds is 4. The number of hydrogen-bond acceptors (Lipinski definition) is 3. The Bertz CT molecular complexity index is 244. The summed E-state index contributed by atoms with van der Waals surface area (Å²) in [7, 11) is 0. The first-order valence-corrected chi connectivity index (χ1v) is 6.94. The van der Waals surface area contributed by atoms with Crippen LogP contribution in [0.2, 0.25) is 0 Å². The van der Waals surface area contributed by atoms with E-state index in [4.69, 9.17) is 4.74 Å². The fourth-order valence-corrected chi connectivity index (χ4v) is 2.70. The van der Waals surface area contributed by atoms with Crippen molar-refractivity contribution in [3.05, 3.63) is 0 Å². The van der Waals surface area contributed by atoms with E-state index in [0.717, 1.165) is 45.4 Å². The second-order valence-electron chi connectivity index (χ2n) is 5.13. The summed E-state index contributed by atoms with van der Waals surface area (Å²) in [6.45, 7) is 6.37. The predicted molar refractivity (Wildman–Crippen MR) is 66.9 cm³/mol. The van der Waals surface area contributed by atoms with Gasteiger partial charge in [0.1, 0.15) is 6.10 Å². The number of nitrogens with one attached hydrogen (secondary N) is 1. The maximum atomic E-state index is 11.9. The van der Waals surface area contributed by atoms with Crippen molar-refractivity contribution in [2.75, 3.05) is 26.2 Å². The Hall–Kier alpha value is -0.610. The van der Waals surface area contributed by atoms with Crippen molar-refractivity contribution in [3.8, 4) is 0 Å². The van der Waals surface area contributed by atoms with Gasteiger partial charge in [-0.15, -0.1) is 0 Å². The number of piperidine rings is 1. The molecule has 2 heterocycles. The lowest BCUT2D eigenvalue weighted by molar-refractivity contribution is -0.131. The zero-order chi connectivity index (χ0) is 12.1. The first-order chi connectivity index (χ1) is 8.29. The fourth-order valence-electron chi connectivity index (χ4n) is 2.70. The molecule has 0 spiro atoms. The Kier molecular flexibility index (Phi) is 4.80. The molecule has 1 atom stereocenters. The molecule has 0 saturated carbocycles. The van der Waals surface area contributed by atoms with Gasteiger partial charge in [-0.1, -0.05) is 6.92 Å². The Morgan fingerprint density at radius 3 is 2.71 bits per heavy atom. The molecule has 0 aromatic heterocycles. The molecular formula is C13H24N2O2. The van der Waals surface area contributed by atoms with Crippen molar-refractivity contribution < 1.29 is 9.53 Å². The standard InChI is InChI=1S/C13H24N2O2/c1-2-7-15-8-5-11(6-9-15)14-13(16)12-4-3-10-17-12/h11-12H,2-10H2,1H3,(H,14,16). The molecule has 17 heavy (non-hydrogen) atoms. The molecule has 2 fully saturated rings. The number of likely N-dealkylation sites (tertiary alicyclic amines) is 1. The average Bonchev–Trinajstić information content (AvgIpc) is 2.86. The molecule has 1 N–H and O–H groups in total. The predicted octanol–water partition coefficient (Wildman–Crippen LogP) is 1.16. The normalized spacial score (nSPS) is 27.2. The molecule has 2 aliphatic rings. The quantitative estimate of drug-likeness (QED) is 0.801. The molecular weight excluding hydrogens is 216 g/mol. The summed E-state index contributed by atoms with van der Waals surface area (Å²) in [5.41, 5.74) is 0. The van der Waals surface area contributed by atoms with E-state index in [1.165, 1.54) is 13.0 Å². The lowest BCUT2D eigenvalue weighted by Crippen LogP contribution is -2.47. The Labute approximate surface area is 104 Å². The van der Waals surface area contributed by atoms with Crippen LogP contribution in [0, 0.1) is 0 Å². The summed E-state index contributed by atoms with van der Waals surface area (Å²) in [5, 5.41) is 3.13. The van der Waals surface area contributed by atoms with Gasteiger partial charge in [-0.05, 0) is 38.6 Å². The minimum absolute atomic E-state index is 0.108. The fraction of sp³-hybridized carbons (Fsp3) is 0.923. The van der Waals surface area contributed by atoms with E-state index in [9.17, 15) is 4.79 Å². The van der Waals surface area contributed by atoms with E-state index in [1.807, 2.05) is 0 Å². The van der Waals surface area contributed by atoms with Crippen LogP contribution in [0.4, 0.5) is 0 Å². The van der Waals surface area contributed by atoms with Gasteiger partial charge in [0.2, 0.25) is 5.91 Å². The molecule has 1 amide bonds. The van der Waals surface area contributed by atoms with Crippen molar-refractivity contribution in [2.45, 2.75) is 51.2 Å². The molecule has 2 rings (SSSR count). The number of ether oxygens (including phenoxy) is 1. The highest BCUT2D eigenvalue weighted by molar-refractivity contribution is 5.81. The molecule has 1 unspecified atom stereocenters. The smallest absolute Gasteiger partial charge is 0.249 e. The van der Waals surface area contributed by atoms with Crippen molar-refractivity contribution in [1.82, 2.24) is 10.2 Å². The topological polar surface area (TPSA) is 41.6 Å². The summed E-state index contributed by atoms with van der Waals surface area (Å²) >= 11 is 0. The largest absolute Gasteiger partial charge is 0.368 e. The van der Waals surface area contributed by atoms with Crippen LogP contribution in [0.25, 0.3) is 0 Å². The number of carbonyl (C=O) groups excluding carboxylic acids is 1.